The van der Waals surface area contributed by atoms with Gasteiger partial charge in [0.15, 0.2) is 0 Å². The van der Waals surface area contributed by atoms with Crippen LogP contribution in [0.5, 0.6) is 0 Å². The lowest BCUT2D eigenvalue weighted by molar-refractivity contribution is -0.134. The second kappa shape index (κ2) is 7.54. The topological polar surface area (TPSA) is 53.4 Å². The van der Waals surface area contributed by atoms with Crippen LogP contribution in [-0.2, 0) is 11.2 Å². The van der Waals surface area contributed by atoms with Crippen molar-refractivity contribution in [2.75, 3.05) is 19.7 Å². The van der Waals surface area contributed by atoms with Crippen LogP contribution in [0.4, 0.5) is 0 Å². The van der Waals surface area contributed by atoms with Gasteiger partial charge in [-0.25, -0.2) is 0 Å². The predicted octanol–water partition coefficient (Wildman–Crippen LogP) is 2.58. The zero-order valence-corrected chi connectivity index (χ0v) is 13.6. The van der Waals surface area contributed by atoms with Crippen molar-refractivity contribution in [1.82, 2.24) is 9.88 Å². The average Bonchev–Trinajstić information content (AvgIpc) is 2.54. The molecule has 4 heteroatoms. The van der Waals surface area contributed by atoms with Crippen molar-refractivity contribution in [2.24, 2.45) is 5.41 Å². The van der Waals surface area contributed by atoms with E-state index in [9.17, 15) is 9.90 Å². The summed E-state index contributed by atoms with van der Waals surface area (Å²) in [6.07, 6.45) is 6.98. The third kappa shape index (κ3) is 4.41. The molecule has 2 rings (SSSR count). The maximum Gasteiger partial charge on any atom is 0.228 e. The molecule has 0 bridgehead atoms. The lowest BCUT2D eigenvalue weighted by Gasteiger charge is -2.41. The number of rotatable bonds is 5. The molecule has 1 aromatic heterocycles. The van der Waals surface area contributed by atoms with E-state index in [1.807, 2.05) is 23.1 Å². The van der Waals surface area contributed by atoms with Gasteiger partial charge in [-0.2, -0.15) is 0 Å². The van der Waals surface area contributed by atoms with Crippen LogP contribution >= 0.6 is 0 Å². The van der Waals surface area contributed by atoms with Gasteiger partial charge in [-0.1, -0.05) is 17.7 Å². The number of likely N-dealkylation sites (tertiary alicyclic amines) is 1. The van der Waals surface area contributed by atoms with Gasteiger partial charge in [-0.3, -0.25) is 9.78 Å². The molecule has 0 aromatic carbocycles. The second-order valence-corrected chi connectivity index (χ2v) is 6.56. The Hall–Kier alpha value is -1.68. The molecule has 0 aliphatic carbocycles. The fraction of sp³-hybridized carbons (Fsp3) is 0.556. The fourth-order valence-corrected chi connectivity index (χ4v) is 2.97. The van der Waals surface area contributed by atoms with E-state index < -0.39 is 0 Å². The van der Waals surface area contributed by atoms with Crippen LogP contribution in [0.1, 0.15) is 38.8 Å². The highest BCUT2D eigenvalue weighted by atomic mass is 16.3. The third-order valence-electron chi connectivity index (χ3n) is 4.35. The van der Waals surface area contributed by atoms with Crippen LogP contribution in [-0.4, -0.2) is 40.6 Å². The first kappa shape index (κ1) is 16.7. The summed E-state index contributed by atoms with van der Waals surface area (Å²) in [5, 5.41) is 9.86. The lowest BCUT2D eigenvalue weighted by atomic mass is 9.77. The number of piperidine rings is 1. The molecule has 0 radical (unpaired) electrons. The quantitative estimate of drug-likeness (QED) is 0.851. The molecule has 22 heavy (non-hydrogen) atoms. The summed E-state index contributed by atoms with van der Waals surface area (Å²) in [6.45, 7) is 5.68. The Morgan fingerprint density at radius 1 is 1.45 bits per heavy atom. The number of pyridine rings is 1. The number of aromatic nitrogens is 1. The standard InChI is InChI=1S/C18H26N2O2/c1-15(2)7-9-18(14-21)8-5-11-20(13-18)17(22)12-16-6-3-4-10-19-16/h3-4,6-7,10,21H,5,8-9,11-14H2,1-2H3/t18-/m0/s1. The first-order chi connectivity index (χ1) is 10.5. The number of aliphatic hydroxyl groups excluding tert-OH is 1. The van der Waals surface area contributed by atoms with Crippen LogP contribution in [0.3, 0.4) is 0 Å². The summed E-state index contributed by atoms with van der Waals surface area (Å²) in [5.41, 5.74) is 1.87. The molecule has 0 spiro atoms. The zero-order valence-electron chi connectivity index (χ0n) is 13.6. The van der Waals surface area contributed by atoms with Crippen LogP contribution < -0.4 is 0 Å². The highest BCUT2D eigenvalue weighted by Gasteiger charge is 2.35. The predicted molar refractivity (Wildman–Crippen MR) is 87.3 cm³/mol. The monoisotopic (exact) mass is 302 g/mol. The number of hydrogen-bond acceptors (Lipinski definition) is 3. The van der Waals surface area contributed by atoms with Crippen molar-refractivity contribution < 1.29 is 9.90 Å². The van der Waals surface area contributed by atoms with E-state index in [2.05, 4.69) is 24.9 Å². The van der Waals surface area contributed by atoms with Gasteiger partial charge in [0.2, 0.25) is 5.91 Å². The van der Waals surface area contributed by atoms with Gasteiger partial charge in [-0.05, 0) is 45.2 Å². The van der Waals surface area contributed by atoms with Crippen LogP contribution in [0.25, 0.3) is 0 Å². The molecule has 2 heterocycles. The summed E-state index contributed by atoms with van der Waals surface area (Å²) in [6, 6.07) is 5.63. The Balaban J connectivity index is 2.02. The molecule has 1 atom stereocenters. The molecule has 0 saturated carbocycles. The minimum Gasteiger partial charge on any atom is -0.396 e. The molecule has 1 aromatic rings. The van der Waals surface area contributed by atoms with Gasteiger partial charge in [0.05, 0.1) is 13.0 Å². The molecule has 1 N–H and O–H groups in total. The Kier molecular flexibility index (Phi) is 5.72. The fourth-order valence-electron chi connectivity index (χ4n) is 2.97. The average molecular weight is 302 g/mol. The Bertz CT molecular complexity index is 523. The van der Waals surface area contributed by atoms with Gasteiger partial charge >= 0.3 is 0 Å². The third-order valence-corrected chi connectivity index (χ3v) is 4.35. The highest BCUT2D eigenvalue weighted by molar-refractivity contribution is 5.78. The summed E-state index contributed by atoms with van der Waals surface area (Å²) in [4.78, 5) is 18.6. The van der Waals surface area contributed by atoms with E-state index in [1.165, 1.54) is 5.57 Å². The summed E-state index contributed by atoms with van der Waals surface area (Å²) in [7, 11) is 0. The highest BCUT2D eigenvalue weighted by Crippen LogP contribution is 2.34. The van der Waals surface area contributed by atoms with E-state index in [0.29, 0.717) is 13.0 Å². The number of aliphatic hydroxyl groups is 1. The smallest absolute Gasteiger partial charge is 0.228 e. The SMILES string of the molecule is CC(C)=CC[C@@]1(CO)CCCN(C(=O)Cc2ccccn2)C1. The number of nitrogens with zero attached hydrogens (tertiary/aromatic N) is 2. The van der Waals surface area contributed by atoms with Gasteiger partial charge < -0.3 is 10.0 Å². The Morgan fingerprint density at radius 2 is 2.27 bits per heavy atom. The Labute approximate surface area is 132 Å². The molecule has 0 unspecified atom stereocenters. The molecular weight excluding hydrogens is 276 g/mol. The minimum absolute atomic E-state index is 0.105. The summed E-state index contributed by atoms with van der Waals surface area (Å²) >= 11 is 0. The first-order valence-corrected chi connectivity index (χ1v) is 7.97. The summed E-state index contributed by atoms with van der Waals surface area (Å²) in [5.74, 6) is 0.105. The Morgan fingerprint density at radius 3 is 2.91 bits per heavy atom. The van der Waals surface area contributed by atoms with Crippen LogP contribution in [0, 0.1) is 5.41 Å². The molecule has 120 valence electrons. The number of carbonyl (C=O) groups excluding carboxylic acids is 1. The van der Waals surface area contributed by atoms with Gasteiger partial charge in [-0.15, -0.1) is 0 Å². The normalized spacial score (nSPS) is 21.5. The lowest BCUT2D eigenvalue weighted by Crippen LogP contribution is -2.48. The van der Waals surface area contributed by atoms with Crippen molar-refractivity contribution in [3.63, 3.8) is 0 Å². The molecule has 1 fully saturated rings. The molecule has 1 amide bonds. The molecule has 1 saturated heterocycles. The maximum atomic E-state index is 12.5. The van der Waals surface area contributed by atoms with E-state index in [4.69, 9.17) is 0 Å². The van der Waals surface area contributed by atoms with E-state index in [0.717, 1.165) is 31.5 Å². The molecule has 1 aliphatic rings. The molecular formula is C18H26N2O2. The first-order valence-electron chi connectivity index (χ1n) is 7.97. The minimum atomic E-state index is -0.185. The second-order valence-electron chi connectivity index (χ2n) is 6.56. The largest absolute Gasteiger partial charge is 0.396 e. The van der Waals surface area contributed by atoms with E-state index in [-0.39, 0.29) is 17.9 Å². The number of carbonyl (C=O) groups is 1. The zero-order chi connectivity index (χ0) is 16.0. The summed E-state index contributed by atoms with van der Waals surface area (Å²) < 4.78 is 0. The molecule has 1 aliphatic heterocycles. The van der Waals surface area contributed by atoms with Gasteiger partial charge in [0, 0.05) is 30.4 Å². The van der Waals surface area contributed by atoms with Gasteiger partial charge in [0.25, 0.3) is 0 Å². The van der Waals surface area contributed by atoms with Crippen molar-refractivity contribution in [2.45, 2.75) is 39.5 Å². The number of hydrogen-bond donors (Lipinski definition) is 1. The van der Waals surface area contributed by atoms with Crippen LogP contribution in [0.2, 0.25) is 0 Å². The van der Waals surface area contributed by atoms with Crippen molar-refractivity contribution in [3.8, 4) is 0 Å². The van der Waals surface area contributed by atoms with Crippen molar-refractivity contribution in [3.05, 3.63) is 41.7 Å². The van der Waals surface area contributed by atoms with Crippen LogP contribution in [0.15, 0.2) is 36.0 Å². The van der Waals surface area contributed by atoms with Crippen molar-refractivity contribution >= 4 is 5.91 Å². The van der Waals surface area contributed by atoms with E-state index in [1.54, 1.807) is 6.20 Å². The van der Waals surface area contributed by atoms with Gasteiger partial charge in [0.1, 0.15) is 0 Å². The maximum absolute atomic E-state index is 12.5. The van der Waals surface area contributed by atoms with E-state index >= 15 is 0 Å². The van der Waals surface area contributed by atoms with Crippen molar-refractivity contribution in [1.29, 1.82) is 0 Å². The number of amides is 1. The number of allylic oxidation sites excluding steroid dienone is 2. The molecule has 4 nitrogen and oxygen atoms in total.